The Morgan fingerprint density at radius 2 is 1.20 bits per heavy atom. The monoisotopic (exact) mass is 411 g/mol. The summed E-state index contributed by atoms with van der Waals surface area (Å²) in [5.41, 5.74) is 8.77. The number of ether oxygens (including phenoxy) is 2. The van der Waals surface area contributed by atoms with E-state index in [1.807, 2.05) is 12.1 Å². The predicted octanol–water partition coefficient (Wildman–Crippen LogP) is 4.60. The molecule has 0 spiro atoms. The molecule has 0 bridgehead atoms. The third-order valence-electron chi connectivity index (χ3n) is 5.45. The minimum absolute atomic E-state index is 0.145. The summed E-state index contributed by atoms with van der Waals surface area (Å²) >= 11 is 0. The molecule has 5 heteroatoms. The van der Waals surface area contributed by atoms with Gasteiger partial charge in [0.05, 0.1) is 13.2 Å². The van der Waals surface area contributed by atoms with Crippen LogP contribution < -0.4 is 15.2 Å². The average molecular weight is 412 g/mol. The number of hydrazine groups is 1. The topological polar surface area (TPSA) is 51.0 Å². The van der Waals surface area contributed by atoms with Crippen molar-refractivity contribution >= 4 is 0 Å². The van der Waals surface area contributed by atoms with Crippen molar-refractivity contribution in [2.24, 2.45) is 5.73 Å². The van der Waals surface area contributed by atoms with E-state index in [0.29, 0.717) is 0 Å². The summed E-state index contributed by atoms with van der Waals surface area (Å²) in [5, 5.41) is 4.71. The highest BCUT2D eigenvalue weighted by Gasteiger charge is 2.29. The molecular weight excluding hydrogens is 374 g/mol. The number of nitrogens with zero attached hydrogens (tertiary/aromatic N) is 2. The van der Waals surface area contributed by atoms with Crippen LogP contribution in [-0.2, 0) is 13.1 Å². The number of nitrogens with two attached hydrogens (primary N) is 1. The summed E-state index contributed by atoms with van der Waals surface area (Å²) < 4.78 is 12.1. The zero-order chi connectivity index (χ0) is 21.2. The molecule has 2 N–H and O–H groups in total. The van der Waals surface area contributed by atoms with Crippen LogP contribution in [-0.4, -0.2) is 42.4 Å². The normalized spacial score (nSPS) is 15.6. The zero-order valence-corrected chi connectivity index (χ0v) is 18.6. The molecule has 0 aliphatic carbocycles. The Hall–Kier alpha value is -2.08. The molecule has 2 aromatic rings. The lowest BCUT2D eigenvalue weighted by molar-refractivity contribution is 0.00952. The summed E-state index contributed by atoms with van der Waals surface area (Å²) in [5.74, 6) is 1.96. The van der Waals surface area contributed by atoms with E-state index in [9.17, 15) is 0 Å². The van der Waals surface area contributed by atoms with Crippen LogP contribution in [0.2, 0.25) is 0 Å². The standard InChI is InChI=1S/C25H37N3O2/c1-3-5-15-29-24-13-9-7-11-21(24)17-27-19-23(26)20-28(27)18-22-12-8-10-14-25(22)30-16-6-4-2/h7-14,23H,3-6,15-20,26H2,1-2H3. The highest BCUT2D eigenvalue weighted by Crippen LogP contribution is 2.26. The van der Waals surface area contributed by atoms with Crippen LogP contribution in [0, 0.1) is 0 Å². The lowest BCUT2D eigenvalue weighted by atomic mass is 10.2. The second kappa shape index (κ2) is 11.9. The average Bonchev–Trinajstić information content (AvgIpc) is 3.09. The molecule has 0 radical (unpaired) electrons. The van der Waals surface area contributed by atoms with E-state index < -0.39 is 0 Å². The number of hydrogen-bond acceptors (Lipinski definition) is 5. The van der Waals surface area contributed by atoms with Crippen molar-refractivity contribution in [2.75, 3.05) is 26.3 Å². The number of hydrogen-bond donors (Lipinski definition) is 1. The predicted molar refractivity (Wildman–Crippen MR) is 122 cm³/mol. The number of benzene rings is 2. The fourth-order valence-corrected chi connectivity index (χ4v) is 3.76. The van der Waals surface area contributed by atoms with Gasteiger partial charge < -0.3 is 15.2 Å². The van der Waals surface area contributed by atoms with Crippen LogP contribution >= 0.6 is 0 Å². The fourth-order valence-electron chi connectivity index (χ4n) is 3.76. The minimum Gasteiger partial charge on any atom is -0.493 e. The molecule has 0 aromatic heterocycles. The Morgan fingerprint density at radius 3 is 1.63 bits per heavy atom. The first kappa shape index (κ1) is 22.6. The van der Waals surface area contributed by atoms with Gasteiger partial charge in [0.2, 0.25) is 0 Å². The van der Waals surface area contributed by atoms with Gasteiger partial charge in [-0.05, 0) is 25.0 Å². The number of rotatable bonds is 12. The molecule has 1 saturated heterocycles. The number of unbranched alkanes of at least 4 members (excludes halogenated alkanes) is 2. The van der Waals surface area contributed by atoms with E-state index in [4.69, 9.17) is 15.2 Å². The molecule has 2 aromatic carbocycles. The molecule has 5 nitrogen and oxygen atoms in total. The van der Waals surface area contributed by atoms with Crippen LogP contribution in [0.1, 0.15) is 50.7 Å². The van der Waals surface area contributed by atoms with Gasteiger partial charge in [-0.1, -0.05) is 63.1 Å². The van der Waals surface area contributed by atoms with Crippen molar-refractivity contribution < 1.29 is 9.47 Å². The maximum atomic E-state index is 6.35. The molecule has 3 rings (SSSR count). The van der Waals surface area contributed by atoms with Gasteiger partial charge in [0, 0.05) is 43.3 Å². The molecule has 1 heterocycles. The summed E-state index contributed by atoms with van der Waals surface area (Å²) in [7, 11) is 0. The first-order valence-corrected chi connectivity index (χ1v) is 11.4. The van der Waals surface area contributed by atoms with Crippen LogP contribution in [0.4, 0.5) is 0 Å². The summed E-state index contributed by atoms with van der Waals surface area (Å²) in [6.07, 6.45) is 4.42. The van der Waals surface area contributed by atoms with Gasteiger partial charge in [-0.15, -0.1) is 0 Å². The zero-order valence-electron chi connectivity index (χ0n) is 18.6. The maximum absolute atomic E-state index is 6.35. The van der Waals surface area contributed by atoms with E-state index in [2.05, 4.69) is 60.3 Å². The smallest absolute Gasteiger partial charge is 0.123 e. The van der Waals surface area contributed by atoms with Crippen LogP contribution in [0.3, 0.4) is 0 Å². The van der Waals surface area contributed by atoms with Gasteiger partial charge in [-0.3, -0.25) is 0 Å². The fraction of sp³-hybridized carbons (Fsp3) is 0.520. The third kappa shape index (κ3) is 6.46. The Morgan fingerprint density at radius 1 is 0.767 bits per heavy atom. The summed E-state index contributed by atoms with van der Waals surface area (Å²) in [6.45, 7) is 9.19. The molecule has 1 fully saturated rings. The highest BCUT2D eigenvalue weighted by molar-refractivity contribution is 5.34. The molecule has 0 amide bonds. The van der Waals surface area contributed by atoms with E-state index in [1.54, 1.807) is 0 Å². The largest absolute Gasteiger partial charge is 0.493 e. The lowest BCUT2D eigenvalue weighted by Crippen LogP contribution is -2.35. The Kier molecular flexibility index (Phi) is 9.00. The third-order valence-corrected chi connectivity index (χ3v) is 5.45. The van der Waals surface area contributed by atoms with Gasteiger partial charge >= 0.3 is 0 Å². The molecule has 164 valence electrons. The van der Waals surface area contributed by atoms with Crippen molar-refractivity contribution in [3.05, 3.63) is 59.7 Å². The highest BCUT2D eigenvalue weighted by atomic mass is 16.5. The van der Waals surface area contributed by atoms with Gasteiger partial charge in [0.25, 0.3) is 0 Å². The van der Waals surface area contributed by atoms with E-state index in [0.717, 1.165) is 76.6 Å². The Balaban J connectivity index is 1.69. The quantitative estimate of drug-likeness (QED) is 0.517. The van der Waals surface area contributed by atoms with E-state index in [-0.39, 0.29) is 6.04 Å². The van der Waals surface area contributed by atoms with Crippen molar-refractivity contribution in [2.45, 2.75) is 58.7 Å². The van der Waals surface area contributed by atoms with Crippen molar-refractivity contribution in [3.8, 4) is 11.5 Å². The minimum atomic E-state index is 0.145. The van der Waals surface area contributed by atoms with Gasteiger partial charge in [-0.25, -0.2) is 10.0 Å². The maximum Gasteiger partial charge on any atom is 0.123 e. The molecule has 0 atom stereocenters. The first-order valence-electron chi connectivity index (χ1n) is 11.4. The molecule has 0 saturated carbocycles. The van der Waals surface area contributed by atoms with Crippen LogP contribution in [0.15, 0.2) is 48.5 Å². The van der Waals surface area contributed by atoms with Gasteiger partial charge in [-0.2, -0.15) is 0 Å². The van der Waals surface area contributed by atoms with Gasteiger partial charge in [0.15, 0.2) is 0 Å². The van der Waals surface area contributed by atoms with Crippen molar-refractivity contribution in [1.82, 2.24) is 10.0 Å². The summed E-state index contributed by atoms with van der Waals surface area (Å²) in [6, 6.07) is 16.9. The summed E-state index contributed by atoms with van der Waals surface area (Å²) in [4.78, 5) is 0. The lowest BCUT2D eigenvalue weighted by Gasteiger charge is -2.29. The first-order chi connectivity index (χ1) is 14.7. The van der Waals surface area contributed by atoms with Crippen LogP contribution in [0.25, 0.3) is 0 Å². The molecule has 1 aliphatic rings. The molecule has 0 unspecified atom stereocenters. The Labute approximate surface area is 181 Å². The van der Waals surface area contributed by atoms with Crippen molar-refractivity contribution in [1.29, 1.82) is 0 Å². The molecule has 30 heavy (non-hydrogen) atoms. The van der Waals surface area contributed by atoms with Crippen LogP contribution in [0.5, 0.6) is 11.5 Å². The van der Waals surface area contributed by atoms with Crippen molar-refractivity contribution in [3.63, 3.8) is 0 Å². The second-order valence-electron chi connectivity index (χ2n) is 8.07. The SMILES string of the molecule is CCCCOc1ccccc1CN1CC(N)CN1Cc1ccccc1OCCCC. The Bertz CT molecular complexity index is 704. The number of para-hydroxylation sites is 2. The van der Waals surface area contributed by atoms with Gasteiger partial charge in [0.1, 0.15) is 11.5 Å². The molecule has 1 aliphatic heterocycles. The van der Waals surface area contributed by atoms with E-state index >= 15 is 0 Å². The second-order valence-corrected chi connectivity index (χ2v) is 8.07. The van der Waals surface area contributed by atoms with E-state index in [1.165, 1.54) is 11.1 Å². The molecular formula is C25H37N3O2.